The second-order valence-electron chi connectivity index (χ2n) is 10.6. The van der Waals surface area contributed by atoms with Gasteiger partial charge in [0.05, 0.1) is 7.11 Å². The van der Waals surface area contributed by atoms with Crippen molar-refractivity contribution < 1.29 is 28.7 Å². The predicted octanol–water partition coefficient (Wildman–Crippen LogP) is 4.47. The number of primary amides is 1. The van der Waals surface area contributed by atoms with Gasteiger partial charge in [0, 0.05) is 18.7 Å². The number of benzene rings is 2. The molecule has 2 aromatic rings. The van der Waals surface area contributed by atoms with Crippen LogP contribution in [0, 0.1) is 6.92 Å². The minimum Gasteiger partial charge on any atom is -0.497 e. The minimum absolute atomic E-state index is 0.0449. The number of carbonyl (C=O) groups excluding carboxylic acids is 4. The molecule has 0 saturated heterocycles. The molecular weight excluding hydrogens is 512 g/mol. The van der Waals surface area contributed by atoms with Crippen LogP contribution in [0.15, 0.2) is 48.5 Å². The molecule has 0 heterocycles. The monoisotopic (exact) mass is 554 g/mol. The highest BCUT2D eigenvalue weighted by Gasteiger charge is 2.36. The number of rotatable bonds is 13. The highest BCUT2D eigenvalue weighted by Crippen LogP contribution is 2.26. The summed E-state index contributed by atoms with van der Waals surface area (Å²) >= 11 is 0. The van der Waals surface area contributed by atoms with Crippen molar-refractivity contribution >= 4 is 29.5 Å². The summed E-state index contributed by atoms with van der Waals surface area (Å²) in [6.07, 6.45) is 0.382. The second-order valence-corrected chi connectivity index (χ2v) is 10.6. The van der Waals surface area contributed by atoms with Crippen LogP contribution in [-0.4, -0.2) is 54.0 Å². The average molecular weight is 555 g/mol. The van der Waals surface area contributed by atoms with Crippen LogP contribution in [-0.2, 0) is 19.1 Å². The Balaban J connectivity index is 2.50. The quantitative estimate of drug-likeness (QED) is 0.334. The molecule has 0 spiro atoms. The van der Waals surface area contributed by atoms with E-state index < -0.39 is 41.5 Å². The summed E-state index contributed by atoms with van der Waals surface area (Å²) in [6, 6.07) is 12.1. The van der Waals surface area contributed by atoms with Gasteiger partial charge in [0.1, 0.15) is 23.4 Å². The number of aryl methyl sites for hydroxylation is 1. The zero-order valence-corrected chi connectivity index (χ0v) is 24.3. The summed E-state index contributed by atoms with van der Waals surface area (Å²) in [7, 11) is 1.55. The maximum atomic E-state index is 14.1. The van der Waals surface area contributed by atoms with Gasteiger partial charge in [0.2, 0.25) is 11.8 Å². The van der Waals surface area contributed by atoms with E-state index in [0.29, 0.717) is 23.4 Å². The number of hydrogen-bond donors (Lipinski definition) is 3. The van der Waals surface area contributed by atoms with E-state index in [9.17, 15) is 19.2 Å². The number of ether oxygens (including phenoxy) is 2. The average Bonchev–Trinajstić information content (AvgIpc) is 2.88. The molecule has 2 atom stereocenters. The molecule has 0 bridgehead atoms. The van der Waals surface area contributed by atoms with Crippen molar-refractivity contribution in [3.8, 4) is 5.75 Å². The zero-order chi connectivity index (χ0) is 29.9. The molecule has 0 aliphatic heterocycles. The first kappa shape index (κ1) is 32.1. The molecule has 10 nitrogen and oxygen atoms in total. The highest BCUT2D eigenvalue weighted by molar-refractivity contribution is 5.99. The maximum Gasteiger partial charge on any atom is 0.408 e. The molecule has 4 amide bonds. The molecule has 0 aromatic heterocycles. The summed E-state index contributed by atoms with van der Waals surface area (Å²) in [4.78, 5) is 53.6. The molecule has 40 heavy (non-hydrogen) atoms. The number of hydrogen-bond acceptors (Lipinski definition) is 6. The normalized spacial score (nSPS) is 12.6. The van der Waals surface area contributed by atoms with Crippen molar-refractivity contribution in [1.29, 1.82) is 0 Å². The first-order chi connectivity index (χ1) is 18.8. The van der Waals surface area contributed by atoms with Crippen molar-refractivity contribution in [2.24, 2.45) is 5.73 Å². The van der Waals surface area contributed by atoms with Crippen LogP contribution in [0.4, 0.5) is 10.5 Å². The van der Waals surface area contributed by atoms with E-state index in [0.717, 1.165) is 12.0 Å². The van der Waals surface area contributed by atoms with E-state index in [-0.39, 0.29) is 19.4 Å². The number of nitrogens with two attached hydrogens (primary N) is 1. The van der Waals surface area contributed by atoms with E-state index in [4.69, 9.17) is 15.2 Å². The Labute approximate surface area is 236 Å². The third-order valence-corrected chi connectivity index (χ3v) is 6.01. The predicted molar refractivity (Wildman–Crippen MR) is 154 cm³/mol. The van der Waals surface area contributed by atoms with E-state index in [1.165, 1.54) is 4.90 Å². The summed E-state index contributed by atoms with van der Waals surface area (Å²) in [5, 5.41) is 5.50. The fraction of sp³-hybridized carbons (Fsp3) is 0.467. The molecule has 2 aromatic carbocycles. The Morgan fingerprint density at radius 2 is 1.62 bits per heavy atom. The van der Waals surface area contributed by atoms with Gasteiger partial charge in [-0.25, -0.2) is 4.79 Å². The summed E-state index contributed by atoms with van der Waals surface area (Å²) in [6.45, 7) is 9.27. The zero-order valence-electron chi connectivity index (χ0n) is 24.3. The number of nitrogens with one attached hydrogen (secondary N) is 2. The van der Waals surface area contributed by atoms with Crippen molar-refractivity contribution in [3.05, 3.63) is 59.7 Å². The number of alkyl carbamates (subject to hydrolysis) is 1. The number of anilines is 1. The van der Waals surface area contributed by atoms with E-state index >= 15 is 0 Å². The van der Waals surface area contributed by atoms with Gasteiger partial charge in [-0.15, -0.1) is 0 Å². The van der Waals surface area contributed by atoms with Crippen molar-refractivity contribution in [3.63, 3.8) is 0 Å². The van der Waals surface area contributed by atoms with Crippen molar-refractivity contribution in [2.75, 3.05) is 19.0 Å². The van der Waals surface area contributed by atoms with Crippen LogP contribution >= 0.6 is 0 Å². The van der Waals surface area contributed by atoms with Gasteiger partial charge in [0.25, 0.3) is 5.91 Å². The molecule has 10 heteroatoms. The molecule has 4 N–H and O–H groups in total. The molecule has 2 rings (SSSR count). The lowest BCUT2D eigenvalue weighted by Crippen LogP contribution is -2.52. The lowest BCUT2D eigenvalue weighted by atomic mass is 10.00. The van der Waals surface area contributed by atoms with Crippen LogP contribution in [0.2, 0.25) is 0 Å². The molecule has 0 radical (unpaired) electrons. The number of amides is 4. The van der Waals surface area contributed by atoms with Gasteiger partial charge >= 0.3 is 6.09 Å². The fourth-order valence-corrected chi connectivity index (χ4v) is 4.00. The Hall–Kier alpha value is -4.08. The first-order valence-corrected chi connectivity index (χ1v) is 13.4. The van der Waals surface area contributed by atoms with Gasteiger partial charge in [0.15, 0.2) is 0 Å². The minimum atomic E-state index is -1.14. The van der Waals surface area contributed by atoms with Crippen LogP contribution < -0.4 is 21.1 Å². The molecule has 2 unspecified atom stereocenters. The van der Waals surface area contributed by atoms with E-state index in [2.05, 4.69) is 10.6 Å². The van der Waals surface area contributed by atoms with Crippen molar-refractivity contribution in [1.82, 2.24) is 10.2 Å². The lowest BCUT2D eigenvalue weighted by Gasteiger charge is -2.34. The Kier molecular flexibility index (Phi) is 12.0. The number of methoxy groups -OCH3 is 1. The van der Waals surface area contributed by atoms with Gasteiger partial charge in [-0.1, -0.05) is 43.2 Å². The van der Waals surface area contributed by atoms with Crippen LogP contribution in [0.5, 0.6) is 5.75 Å². The summed E-state index contributed by atoms with van der Waals surface area (Å²) in [5.74, 6) is -0.921. The number of nitrogens with zero attached hydrogens (tertiary/aromatic N) is 1. The topological polar surface area (TPSA) is 140 Å². The standard InChI is InChI=1S/C30H42N4O6/c1-7-8-19-34(28(37)24(17-18-25(31)35)33-29(38)40-30(3,4)5)26(21-11-9-20(2)10-12-21)27(36)32-22-13-15-23(39-6)16-14-22/h9-16,24,26H,7-8,17-19H2,1-6H3,(H2,31,35)(H,32,36)(H,33,38). The van der Waals surface area contributed by atoms with Crippen LogP contribution in [0.25, 0.3) is 0 Å². The van der Waals surface area contributed by atoms with Gasteiger partial charge in [-0.2, -0.15) is 0 Å². The third kappa shape index (κ3) is 10.2. The lowest BCUT2D eigenvalue weighted by molar-refractivity contribution is -0.141. The molecule has 0 saturated carbocycles. The van der Waals surface area contributed by atoms with Gasteiger partial charge in [-0.05, 0) is 70.4 Å². The maximum absolute atomic E-state index is 14.1. The molecular formula is C30H42N4O6. The van der Waals surface area contributed by atoms with E-state index in [1.807, 2.05) is 26.0 Å². The summed E-state index contributed by atoms with van der Waals surface area (Å²) in [5.41, 5.74) is 6.70. The Morgan fingerprint density at radius 1 is 1.00 bits per heavy atom. The summed E-state index contributed by atoms with van der Waals surface area (Å²) < 4.78 is 10.6. The fourth-order valence-electron chi connectivity index (χ4n) is 4.00. The number of carbonyl (C=O) groups is 4. The number of unbranched alkanes of at least 4 members (excludes halogenated alkanes) is 1. The largest absolute Gasteiger partial charge is 0.497 e. The van der Waals surface area contributed by atoms with Gasteiger partial charge in [-0.3, -0.25) is 14.4 Å². The van der Waals surface area contributed by atoms with Crippen LogP contribution in [0.3, 0.4) is 0 Å². The SMILES string of the molecule is CCCCN(C(=O)C(CCC(N)=O)NC(=O)OC(C)(C)C)C(C(=O)Nc1ccc(OC)cc1)c1ccc(C)cc1. The highest BCUT2D eigenvalue weighted by atomic mass is 16.6. The van der Waals surface area contributed by atoms with Gasteiger partial charge < -0.3 is 30.7 Å². The molecule has 0 aliphatic rings. The van der Waals surface area contributed by atoms with Crippen molar-refractivity contribution in [2.45, 2.75) is 78.0 Å². The molecule has 0 aliphatic carbocycles. The Morgan fingerprint density at radius 3 is 2.15 bits per heavy atom. The van der Waals surface area contributed by atoms with Crippen LogP contribution in [0.1, 0.15) is 70.5 Å². The smallest absolute Gasteiger partial charge is 0.408 e. The second kappa shape index (κ2) is 14.9. The van der Waals surface area contributed by atoms with E-state index in [1.54, 1.807) is 64.3 Å². The molecule has 218 valence electrons. The third-order valence-electron chi connectivity index (χ3n) is 6.01. The first-order valence-electron chi connectivity index (χ1n) is 13.4. The molecule has 0 fully saturated rings. The Bertz CT molecular complexity index is 1140.